The minimum absolute atomic E-state index is 0.551. The first kappa shape index (κ1) is 19.8. The molecule has 2 aromatic rings. The van der Waals surface area contributed by atoms with E-state index in [1.54, 1.807) is 10.3 Å². The number of nitrogens with zero attached hydrogens (tertiary/aromatic N) is 2. The highest BCUT2D eigenvalue weighted by Crippen LogP contribution is 2.44. The maximum Gasteiger partial charge on any atom is 0.425 e. The summed E-state index contributed by atoms with van der Waals surface area (Å²) in [6, 6.07) is 3.77. The molecule has 0 bridgehead atoms. The highest BCUT2D eigenvalue weighted by molar-refractivity contribution is 6.09. The normalized spacial score (nSPS) is 18.1. The first-order chi connectivity index (χ1) is 13.4. The van der Waals surface area contributed by atoms with E-state index in [1.807, 2.05) is 0 Å². The van der Waals surface area contributed by atoms with Crippen LogP contribution in [0.5, 0.6) is 0 Å². The number of H-pyrrole nitrogens is 1. The molecule has 0 spiro atoms. The van der Waals surface area contributed by atoms with Gasteiger partial charge in [-0.15, -0.1) is 0 Å². The van der Waals surface area contributed by atoms with E-state index in [0.717, 1.165) is 25.2 Å². The third-order valence-electron chi connectivity index (χ3n) is 4.32. The van der Waals surface area contributed by atoms with Crippen molar-refractivity contribution in [2.45, 2.75) is 11.7 Å². The van der Waals surface area contributed by atoms with Crippen molar-refractivity contribution in [1.29, 1.82) is 0 Å². The van der Waals surface area contributed by atoms with E-state index in [1.165, 1.54) is 5.32 Å². The zero-order valence-electron chi connectivity index (χ0n) is 14.3. The lowest BCUT2D eigenvalue weighted by Crippen LogP contribution is -2.62. The van der Waals surface area contributed by atoms with Gasteiger partial charge in [0.2, 0.25) is 0 Å². The Hall–Kier alpha value is -3.97. The minimum atomic E-state index is -5.50. The quantitative estimate of drug-likeness (QED) is 0.479. The number of aromatic nitrogens is 2. The maximum absolute atomic E-state index is 14.0. The van der Waals surface area contributed by atoms with E-state index in [9.17, 15) is 42.5 Å². The van der Waals surface area contributed by atoms with Crippen LogP contribution < -0.4 is 21.9 Å². The Morgan fingerprint density at radius 1 is 1.28 bits per heavy atom. The first-order valence-corrected chi connectivity index (χ1v) is 7.69. The van der Waals surface area contributed by atoms with E-state index in [4.69, 9.17) is 0 Å². The van der Waals surface area contributed by atoms with Crippen LogP contribution in [0.1, 0.15) is 15.9 Å². The number of alkyl halides is 3. The zero-order valence-corrected chi connectivity index (χ0v) is 14.3. The number of hydrogen-bond acceptors (Lipinski definition) is 6. The molecule has 0 saturated carbocycles. The van der Waals surface area contributed by atoms with E-state index in [0.29, 0.717) is 10.6 Å². The summed E-state index contributed by atoms with van der Waals surface area (Å²) in [5, 5.41) is 14.1. The Labute approximate surface area is 157 Å². The molecule has 0 saturated heterocycles. The van der Waals surface area contributed by atoms with Crippen LogP contribution >= 0.6 is 0 Å². The summed E-state index contributed by atoms with van der Waals surface area (Å²) in [5.41, 5.74) is -8.78. The Kier molecular flexibility index (Phi) is 4.29. The van der Waals surface area contributed by atoms with Crippen LogP contribution in [0.3, 0.4) is 0 Å². The predicted octanol–water partition coefficient (Wildman–Crippen LogP) is 0.121. The molecule has 3 N–H and O–H groups in total. The highest BCUT2D eigenvalue weighted by atomic mass is 19.4. The van der Waals surface area contributed by atoms with Gasteiger partial charge in [0.25, 0.3) is 28.6 Å². The number of aromatic amines is 1. The Balaban J connectivity index is 2.21. The van der Waals surface area contributed by atoms with Gasteiger partial charge in [-0.3, -0.25) is 34.0 Å². The second kappa shape index (κ2) is 6.29. The summed E-state index contributed by atoms with van der Waals surface area (Å²) in [7, 11) is 1.01. The molecule has 29 heavy (non-hydrogen) atoms. The highest BCUT2D eigenvalue weighted by Gasteiger charge is 2.68. The summed E-state index contributed by atoms with van der Waals surface area (Å²) < 4.78 is 42.6. The molecule has 11 nitrogen and oxygen atoms in total. The average Bonchev–Trinajstić information content (AvgIpc) is 2.93. The topological polar surface area (TPSA) is 156 Å². The number of fused-ring (bicyclic) bond motifs is 1. The summed E-state index contributed by atoms with van der Waals surface area (Å²) in [4.78, 5) is 60.2. The molecule has 2 amide bonds. The number of carbonyl (C=O) groups is 2. The Morgan fingerprint density at radius 2 is 1.93 bits per heavy atom. The molecule has 1 aromatic heterocycles. The van der Waals surface area contributed by atoms with Crippen LogP contribution in [0.2, 0.25) is 0 Å². The fourth-order valence-electron chi connectivity index (χ4n) is 2.89. The van der Waals surface area contributed by atoms with Gasteiger partial charge in [-0.2, -0.15) is 13.2 Å². The Bertz CT molecular complexity index is 1180. The van der Waals surface area contributed by atoms with Gasteiger partial charge < -0.3 is 10.6 Å². The number of halogens is 3. The van der Waals surface area contributed by atoms with E-state index < -0.39 is 62.3 Å². The smallest absolute Gasteiger partial charge is 0.326 e. The third kappa shape index (κ3) is 2.84. The zero-order chi connectivity index (χ0) is 21.7. The third-order valence-corrected chi connectivity index (χ3v) is 4.32. The van der Waals surface area contributed by atoms with Crippen molar-refractivity contribution >= 4 is 23.3 Å². The molecule has 14 heteroatoms. The van der Waals surface area contributed by atoms with Crippen LogP contribution in [0.4, 0.5) is 24.7 Å². The van der Waals surface area contributed by atoms with Crippen molar-refractivity contribution in [2.24, 2.45) is 7.05 Å². The molecule has 2 heterocycles. The Morgan fingerprint density at radius 3 is 2.52 bits per heavy atom. The van der Waals surface area contributed by atoms with Gasteiger partial charge in [0.05, 0.1) is 4.92 Å². The first-order valence-electron chi connectivity index (χ1n) is 7.69. The number of nitro groups is 1. The van der Waals surface area contributed by atoms with Crippen LogP contribution in [0, 0.1) is 10.1 Å². The van der Waals surface area contributed by atoms with Gasteiger partial charge in [-0.1, -0.05) is 6.07 Å². The lowest BCUT2D eigenvalue weighted by atomic mass is 9.91. The number of nitrogens with one attached hydrogen (secondary N) is 3. The van der Waals surface area contributed by atoms with Crippen LogP contribution in [-0.2, 0) is 17.4 Å². The molecule has 0 aliphatic carbocycles. The largest absolute Gasteiger partial charge is 0.425 e. The van der Waals surface area contributed by atoms with Gasteiger partial charge in [0, 0.05) is 24.7 Å². The van der Waals surface area contributed by atoms with Crippen LogP contribution in [0.25, 0.3) is 0 Å². The second-order valence-corrected chi connectivity index (χ2v) is 6.01. The van der Waals surface area contributed by atoms with Crippen molar-refractivity contribution in [3.05, 3.63) is 66.3 Å². The van der Waals surface area contributed by atoms with Crippen molar-refractivity contribution in [1.82, 2.24) is 14.9 Å². The molecule has 152 valence electrons. The fraction of sp³-hybridized carbons (Fsp3) is 0.200. The van der Waals surface area contributed by atoms with Crippen molar-refractivity contribution < 1.29 is 27.7 Å². The molecular formula is C15H10F3N5O6. The maximum atomic E-state index is 14.0. The second-order valence-electron chi connectivity index (χ2n) is 6.01. The molecule has 1 atom stereocenters. The number of non-ortho nitro benzene ring substituents is 1. The predicted molar refractivity (Wildman–Crippen MR) is 89.2 cm³/mol. The summed E-state index contributed by atoms with van der Waals surface area (Å²) in [5.74, 6) is -4.05. The van der Waals surface area contributed by atoms with Crippen LogP contribution in [0.15, 0.2) is 33.9 Å². The number of nitro benzene ring substituents is 1. The van der Waals surface area contributed by atoms with E-state index >= 15 is 0 Å². The SMILES string of the molecule is Cn1c2c(c(=O)[nH]c1=O)C(NC(=O)c1cccc([N+](=O)[O-])c1)(C(F)(F)F)C(=O)N2. The lowest BCUT2D eigenvalue weighted by Gasteiger charge is -2.30. The van der Waals surface area contributed by atoms with E-state index in [2.05, 4.69) is 0 Å². The number of benzene rings is 1. The van der Waals surface area contributed by atoms with Gasteiger partial charge in [0.1, 0.15) is 11.4 Å². The van der Waals surface area contributed by atoms with Crippen molar-refractivity contribution in [2.75, 3.05) is 5.32 Å². The number of hydrogen-bond donors (Lipinski definition) is 3. The summed E-state index contributed by atoms with van der Waals surface area (Å²) in [6.45, 7) is 0. The molecular weight excluding hydrogens is 403 g/mol. The van der Waals surface area contributed by atoms with Crippen molar-refractivity contribution in [3.8, 4) is 0 Å². The average molecular weight is 413 g/mol. The molecule has 1 unspecified atom stereocenters. The lowest BCUT2D eigenvalue weighted by molar-refractivity contribution is -0.384. The number of anilines is 1. The summed E-state index contributed by atoms with van der Waals surface area (Å²) in [6.07, 6.45) is -5.50. The van der Waals surface area contributed by atoms with Crippen molar-refractivity contribution in [3.63, 3.8) is 0 Å². The standard InChI is InChI=1S/C15H10F3N5O6/c1-22-9-8(11(25)20-13(22)27)14(12(26)19-9,15(16,17)18)21-10(24)6-3-2-4-7(5-6)23(28)29/h2-5H,1H3,(H,19,26)(H,21,24)(H,20,25,27). The molecule has 0 fully saturated rings. The van der Waals surface area contributed by atoms with Gasteiger partial charge in [-0.25, -0.2) is 4.79 Å². The molecule has 0 radical (unpaired) electrons. The molecule has 1 aromatic carbocycles. The minimum Gasteiger partial charge on any atom is -0.326 e. The van der Waals surface area contributed by atoms with Gasteiger partial charge in [-0.05, 0) is 6.07 Å². The van der Waals surface area contributed by atoms with Gasteiger partial charge in [0.15, 0.2) is 0 Å². The monoisotopic (exact) mass is 413 g/mol. The molecule has 1 aliphatic rings. The fourth-order valence-corrected chi connectivity index (χ4v) is 2.89. The number of rotatable bonds is 3. The summed E-state index contributed by atoms with van der Waals surface area (Å²) >= 11 is 0. The van der Waals surface area contributed by atoms with E-state index in [-0.39, 0.29) is 0 Å². The molecule has 3 rings (SSSR count). The molecule has 1 aliphatic heterocycles. The number of carbonyl (C=O) groups excluding carboxylic acids is 2. The number of amides is 2. The van der Waals surface area contributed by atoms with Crippen LogP contribution in [-0.4, -0.2) is 32.5 Å². The van der Waals surface area contributed by atoms with Gasteiger partial charge >= 0.3 is 11.9 Å².